The number of nitrogens with one attached hydrogen (secondary N) is 1. The molecule has 2 atom stereocenters. The summed E-state index contributed by atoms with van der Waals surface area (Å²) < 4.78 is 0. The van der Waals surface area contributed by atoms with Crippen LogP contribution in [0.5, 0.6) is 0 Å². The minimum atomic E-state index is -0.606. The van der Waals surface area contributed by atoms with Gasteiger partial charge in [-0.2, -0.15) is 0 Å². The average molecular weight is 282 g/mol. The summed E-state index contributed by atoms with van der Waals surface area (Å²) in [6.45, 7) is 9.58. The van der Waals surface area contributed by atoms with Crippen LogP contribution in [0.25, 0.3) is 0 Å². The van der Waals surface area contributed by atoms with E-state index >= 15 is 0 Å². The van der Waals surface area contributed by atoms with Gasteiger partial charge in [-0.3, -0.25) is 4.79 Å². The molecule has 2 N–H and O–H groups in total. The third-order valence-corrected chi connectivity index (χ3v) is 5.22. The van der Waals surface area contributed by atoms with E-state index in [1.54, 1.807) is 0 Å². The number of aliphatic hydroxyl groups is 1. The molecule has 2 saturated heterocycles. The number of hydrogen-bond acceptors (Lipinski definition) is 3. The smallest absolute Gasteiger partial charge is 0.228 e. The molecular weight excluding hydrogens is 252 g/mol. The van der Waals surface area contributed by atoms with E-state index in [4.69, 9.17) is 0 Å². The normalized spacial score (nSPS) is 32.8. The fourth-order valence-corrected chi connectivity index (χ4v) is 3.52. The van der Waals surface area contributed by atoms with Crippen LogP contribution in [-0.2, 0) is 4.79 Å². The van der Waals surface area contributed by atoms with Crippen molar-refractivity contribution in [2.45, 2.75) is 58.5 Å². The van der Waals surface area contributed by atoms with Crippen molar-refractivity contribution in [1.82, 2.24) is 10.2 Å². The lowest BCUT2D eigenvalue weighted by Crippen LogP contribution is -2.49. The van der Waals surface area contributed by atoms with Crippen LogP contribution in [0.3, 0.4) is 0 Å². The van der Waals surface area contributed by atoms with Gasteiger partial charge in [0.15, 0.2) is 0 Å². The first-order valence-corrected chi connectivity index (χ1v) is 8.05. The number of nitrogens with zero attached hydrogens (tertiary/aromatic N) is 1. The molecule has 0 saturated carbocycles. The predicted molar refractivity (Wildman–Crippen MR) is 80.4 cm³/mol. The summed E-state index contributed by atoms with van der Waals surface area (Å²) in [7, 11) is 0. The Kier molecular flexibility index (Phi) is 4.75. The summed E-state index contributed by atoms with van der Waals surface area (Å²) in [5.41, 5.74) is -0.908. The van der Waals surface area contributed by atoms with E-state index < -0.39 is 5.60 Å². The number of hydrogen-bond donors (Lipinski definition) is 2. The van der Waals surface area contributed by atoms with Crippen molar-refractivity contribution in [2.75, 3.05) is 26.2 Å². The Labute approximate surface area is 122 Å². The van der Waals surface area contributed by atoms with E-state index in [0.717, 1.165) is 45.3 Å². The summed E-state index contributed by atoms with van der Waals surface area (Å²) in [6.07, 6.45) is 4.69. The van der Waals surface area contributed by atoms with Crippen molar-refractivity contribution in [3.63, 3.8) is 0 Å². The molecule has 2 aliphatic heterocycles. The van der Waals surface area contributed by atoms with E-state index in [1.165, 1.54) is 0 Å². The molecule has 0 aromatic heterocycles. The van der Waals surface area contributed by atoms with Gasteiger partial charge in [0.1, 0.15) is 0 Å². The van der Waals surface area contributed by atoms with Crippen molar-refractivity contribution < 1.29 is 9.90 Å². The summed E-state index contributed by atoms with van der Waals surface area (Å²) in [6, 6.07) is 0. The van der Waals surface area contributed by atoms with Crippen LogP contribution >= 0.6 is 0 Å². The highest BCUT2D eigenvalue weighted by atomic mass is 16.3. The molecule has 0 aromatic rings. The predicted octanol–water partition coefficient (Wildman–Crippen LogP) is 1.78. The molecule has 2 fully saturated rings. The Morgan fingerprint density at radius 2 is 2.05 bits per heavy atom. The number of carbonyl (C=O) groups excluding carboxylic acids is 1. The van der Waals surface area contributed by atoms with Crippen molar-refractivity contribution in [2.24, 2.45) is 11.3 Å². The van der Waals surface area contributed by atoms with E-state index in [1.807, 2.05) is 11.8 Å². The first-order chi connectivity index (χ1) is 9.33. The Morgan fingerprint density at radius 3 is 2.70 bits per heavy atom. The second-order valence-electron chi connectivity index (χ2n) is 7.41. The zero-order valence-corrected chi connectivity index (χ0v) is 13.2. The van der Waals surface area contributed by atoms with Crippen LogP contribution in [0.15, 0.2) is 0 Å². The molecule has 0 aliphatic carbocycles. The number of amides is 1. The third-order valence-electron chi connectivity index (χ3n) is 5.22. The number of carbonyl (C=O) groups is 1. The van der Waals surface area contributed by atoms with Gasteiger partial charge < -0.3 is 15.3 Å². The SMILES string of the molecule is CC1(O)CCCN(C(=O)C(C)(C)C2CCCNC2)CC1. The third kappa shape index (κ3) is 3.53. The quantitative estimate of drug-likeness (QED) is 0.811. The molecule has 4 heteroatoms. The molecule has 4 nitrogen and oxygen atoms in total. The standard InChI is InChI=1S/C16H30N2O2/c1-15(2,13-6-4-9-17-12-13)14(19)18-10-5-7-16(3,20)8-11-18/h13,17,20H,4-12H2,1-3H3. The highest BCUT2D eigenvalue weighted by Gasteiger charge is 2.40. The largest absolute Gasteiger partial charge is 0.390 e. The molecule has 0 aromatic carbocycles. The molecule has 2 heterocycles. The lowest BCUT2D eigenvalue weighted by atomic mass is 9.74. The monoisotopic (exact) mass is 282 g/mol. The van der Waals surface area contributed by atoms with Gasteiger partial charge in [-0.25, -0.2) is 0 Å². The first-order valence-electron chi connectivity index (χ1n) is 8.05. The van der Waals surface area contributed by atoms with Crippen LogP contribution in [0.1, 0.15) is 52.9 Å². The van der Waals surface area contributed by atoms with E-state index in [9.17, 15) is 9.90 Å². The van der Waals surface area contributed by atoms with Crippen molar-refractivity contribution in [1.29, 1.82) is 0 Å². The zero-order chi connectivity index (χ0) is 14.8. The second kappa shape index (κ2) is 6.02. The van der Waals surface area contributed by atoms with Gasteiger partial charge in [-0.05, 0) is 58.0 Å². The molecule has 116 valence electrons. The Morgan fingerprint density at radius 1 is 1.30 bits per heavy atom. The molecule has 0 bridgehead atoms. The van der Waals surface area contributed by atoms with Crippen molar-refractivity contribution >= 4 is 5.91 Å². The van der Waals surface area contributed by atoms with Crippen LogP contribution in [-0.4, -0.2) is 47.7 Å². The molecule has 2 aliphatic rings. The fourth-order valence-electron chi connectivity index (χ4n) is 3.52. The number of rotatable bonds is 2. The number of likely N-dealkylation sites (tertiary alicyclic amines) is 1. The topological polar surface area (TPSA) is 52.6 Å². The lowest BCUT2D eigenvalue weighted by molar-refractivity contribution is -0.144. The maximum absolute atomic E-state index is 12.9. The van der Waals surface area contributed by atoms with Crippen LogP contribution in [0.4, 0.5) is 0 Å². The van der Waals surface area contributed by atoms with E-state index in [2.05, 4.69) is 19.2 Å². The van der Waals surface area contributed by atoms with Crippen LogP contribution in [0.2, 0.25) is 0 Å². The van der Waals surface area contributed by atoms with Gasteiger partial charge in [0.05, 0.1) is 5.60 Å². The minimum Gasteiger partial charge on any atom is -0.390 e. The molecule has 0 spiro atoms. The van der Waals surface area contributed by atoms with Gasteiger partial charge in [0, 0.05) is 18.5 Å². The molecular formula is C16H30N2O2. The van der Waals surface area contributed by atoms with Crippen LogP contribution < -0.4 is 5.32 Å². The minimum absolute atomic E-state index is 0.268. The molecule has 2 rings (SSSR count). The van der Waals surface area contributed by atoms with E-state index in [0.29, 0.717) is 18.9 Å². The van der Waals surface area contributed by atoms with Crippen LogP contribution in [0, 0.1) is 11.3 Å². The first kappa shape index (κ1) is 15.8. The maximum atomic E-state index is 12.9. The molecule has 20 heavy (non-hydrogen) atoms. The Balaban J connectivity index is 2.01. The highest BCUT2D eigenvalue weighted by Crippen LogP contribution is 2.35. The highest BCUT2D eigenvalue weighted by molar-refractivity contribution is 5.82. The molecule has 2 unspecified atom stereocenters. The van der Waals surface area contributed by atoms with Gasteiger partial charge >= 0.3 is 0 Å². The number of piperidine rings is 1. The Bertz CT molecular complexity index is 346. The molecule has 1 amide bonds. The maximum Gasteiger partial charge on any atom is 0.228 e. The van der Waals surface area contributed by atoms with Gasteiger partial charge in [-0.1, -0.05) is 13.8 Å². The average Bonchev–Trinajstić information content (AvgIpc) is 2.60. The van der Waals surface area contributed by atoms with Crippen molar-refractivity contribution in [3.05, 3.63) is 0 Å². The summed E-state index contributed by atoms with van der Waals surface area (Å²) in [5.74, 6) is 0.691. The van der Waals surface area contributed by atoms with Gasteiger partial charge in [0.2, 0.25) is 5.91 Å². The Hall–Kier alpha value is -0.610. The lowest BCUT2D eigenvalue weighted by Gasteiger charge is -2.39. The summed E-state index contributed by atoms with van der Waals surface area (Å²) in [4.78, 5) is 14.9. The summed E-state index contributed by atoms with van der Waals surface area (Å²) >= 11 is 0. The van der Waals surface area contributed by atoms with Crippen molar-refractivity contribution in [3.8, 4) is 0 Å². The second-order valence-corrected chi connectivity index (χ2v) is 7.41. The molecule has 0 radical (unpaired) electrons. The van der Waals surface area contributed by atoms with E-state index in [-0.39, 0.29) is 11.3 Å². The van der Waals surface area contributed by atoms with Gasteiger partial charge in [-0.15, -0.1) is 0 Å². The van der Waals surface area contributed by atoms with Gasteiger partial charge in [0.25, 0.3) is 0 Å². The fraction of sp³-hybridized carbons (Fsp3) is 0.938. The zero-order valence-electron chi connectivity index (χ0n) is 13.2. The summed E-state index contributed by atoms with van der Waals surface area (Å²) in [5, 5.41) is 13.6.